The molecule has 2 aromatic carbocycles. The zero-order valence-electron chi connectivity index (χ0n) is 11.6. The minimum atomic E-state index is -0.287. The van der Waals surface area contributed by atoms with E-state index >= 15 is 0 Å². The molecule has 110 valence electrons. The summed E-state index contributed by atoms with van der Waals surface area (Å²) in [6.07, 6.45) is 0. The average molecular weight is 307 g/mol. The summed E-state index contributed by atoms with van der Waals surface area (Å²) in [6, 6.07) is 13.1. The van der Waals surface area contributed by atoms with Crippen LogP contribution in [-0.2, 0) is 4.79 Å². The average Bonchev–Trinajstić information content (AvgIpc) is 2.45. The summed E-state index contributed by atoms with van der Waals surface area (Å²) in [7, 11) is 0. The maximum atomic E-state index is 13.1. The first-order valence-electron chi connectivity index (χ1n) is 6.59. The second-order valence-corrected chi connectivity index (χ2v) is 5.15. The van der Waals surface area contributed by atoms with Crippen molar-refractivity contribution < 1.29 is 9.18 Å². The zero-order chi connectivity index (χ0) is 15.2. The molecule has 2 aromatic rings. The van der Waals surface area contributed by atoms with Crippen molar-refractivity contribution in [3.8, 4) is 0 Å². The molecule has 0 saturated carbocycles. The van der Waals surface area contributed by atoms with Gasteiger partial charge in [0.2, 0.25) is 5.91 Å². The maximum Gasteiger partial charge on any atom is 0.238 e. The summed E-state index contributed by atoms with van der Waals surface area (Å²) >= 11 is 5.85. The molecule has 0 aliphatic rings. The molecule has 3 nitrogen and oxygen atoms in total. The van der Waals surface area contributed by atoms with E-state index in [4.69, 9.17) is 11.6 Å². The number of carbonyl (C=O) groups is 1. The highest BCUT2D eigenvalue weighted by Crippen LogP contribution is 2.15. The highest BCUT2D eigenvalue weighted by Gasteiger charge is 2.08. The first-order valence-corrected chi connectivity index (χ1v) is 6.96. The van der Waals surface area contributed by atoms with Crippen LogP contribution in [0.4, 0.5) is 10.1 Å². The van der Waals surface area contributed by atoms with Crippen LogP contribution < -0.4 is 10.6 Å². The Morgan fingerprint density at radius 2 is 2.00 bits per heavy atom. The highest BCUT2D eigenvalue weighted by molar-refractivity contribution is 6.30. The van der Waals surface area contributed by atoms with Crippen LogP contribution in [0.25, 0.3) is 0 Å². The number of anilines is 1. The van der Waals surface area contributed by atoms with Crippen molar-refractivity contribution in [2.24, 2.45) is 0 Å². The third-order valence-electron chi connectivity index (χ3n) is 3.03. The maximum absolute atomic E-state index is 13.1. The Bertz CT molecular complexity index is 633. The quantitative estimate of drug-likeness (QED) is 0.883. The fourth-order valence-corrected chi connectivity index (χ4v) is 2.10. The molecule has 0 spiro atoms. The molecule has 0 unspecified atom stereocenters. The van der Waals surface area contributed by atoms with Gasteiger partial charge in [0.1, 0.15) is 5.82 Å². The van der Waals surface area contributed by atoms with Gasteiger partial charge in [-0.15, -0.1) is 0 Å². The Morgan fingerprint density at radius 3 is 2.71 bits per heavy atom. The molecule has 0 fully saturated rings. The Hall–Kier alpha value is -1.91. The minimum Gasteiger partial charge on any atom is -0.325 e. The van der Waals surface area contributed by atoms with Crippen LogP contribution in [0.1, 0.15) is 18.5 Å². The molecule has 0 aromatic heterocycles. The molecule has 0 radical (unpaired) electrons. The van der Waals surface area contributed by atoms with Crippen molar-refractivity contribution in [1.29, 1.82) is 0 Å². The van der Waals surface area contributed by atoms with Crippen LogP contribution in [0.15, 0.2) is 48.5 Å². The van der Waals surface area contributed by atoms with Gasteiger partial charge in [-0.05, 0) is 42.8 Å². The van der Waals surface area contributed by atoms with Crippen molar-refractivity contribution >= 4 is 23.2 Å². The number of amides is 1. The molecular weight excluding hydrogens is 291 g/mol. The predicted molar refractivity (Wildman–Crippen MR) is 82.9 cm³/mol. The van der Waals surface area contributed by atoms with Crippen molar-refractivity contribution in [1.82, 2.24) is 5.32 Å². The largest absolute Gasteiger partial charge is 0.325 e. The topological polar surface area (TPSA) is 41.1 Å². The smallest absolute Gasteiger partial charge is 0.238 e. The SMILES string of the molecule is C[C@@H](NCC(=O)Nc1cccc(Cl)c1)c1cccc(F)c1. The van der Waals surface area contributed by atoms with E-state index in [1.54, 1.807) is 30.3 Å². The number of hydrogen-bond acceptors (Lipinski definition) is 2. The van der Waals surface area contributed by atoms with E-state index in [2.05, 4.69) is 10.6 Å². The monoisotopic (exact) mass is 306 g/mol. The van der Waals surface area contributed by atoms with Gasteiger partial charge < -0.3 is 10.6 Å². The summed E-state index contributed by atoms with van der Waals surface area (Å²) in [4.78, 5) is 11.8. The van der Waals surface area contributed by atoms with Crippen molar-refractivity contribution in [2.75, 3.05) is 11.9 Å². The Morgan fingerprint density at radius 1 is 1.24 bits per heavy atom. The first kappa shape index (κ1) is 15.5. The summed E-state index contributed by atoms with van der Waals surface area (Å²) in [5, 5.41) is 6.35. The van der Waals surface area contributed by atoms with E-state index in [0.717, 1.165) is 5.56 Å². The summed E-state index contributed by atoms with van der Waals surface area (Å²) < 4.78 is 13.1. The molecule has 0 saturated heterocycles. The Balaban J connectivity index is 1.86. The van der Waals surface area contributed by atoms with Gasteiger partial charge >= 0.3 is 0 Å². The number of benzene rings is 2. The second kappa shape index (κ2) is 7.20. The molecular formula is C16H16ClFN2O. The first-order chi connectivity index (χ1) is 10.0. The van der Waals surface area contributed by atoms with Crippen LogP contribution in [0, 0.1) is 5.82 Å². The molecule has 0 heterocycles. The minimum absolute atomic E-state index is 0.120. The third kappa shape index (κ3) is 4.85. The predicted octanol–water partition coefficient (Wildman–Crippen LogP) is 3.77. The third-order valence-corrected chi connectivity index (χ3v) is 3.26. The number of hydrogen-bond donors (Lipinski definition) is 2. The summed E-state index contributed by atoms with van der Waals surface area (Å²) in [5.41, 5.74) is 1.44. The molecule has 0 aliphatic heterocycles. The summed E-state index contributed by atoms with van der Waals surface area (Å²) in [5.74, 6) is -0.468. The lowest BCUT2D eigenvalue weighted by Crippen LogP contribution is -2.30. The van der Waals surface area contributed by atoms with Gasteiger partial charge in [-0.1, -0.05) is 29.8 Å². The fraction of sp³-hybridized carbons (Fsp3) is 0.188. The number of carbonyl (C=O) groups excluding carboxylic acids is 1. The Labute approximate surface area is 128 Å². The normalized spacial score (nSPS) is 12.0. The molecule has 21 heavy (non-hydrogen) atoms. The van der Waals surface area contributed by atoms with Gasteiger partial charge in [-0.3, -0.25) is 4.79 Å². The molecule has 1 amide bonds. The van der Waals surface area contributed by atoms with Crippen LogP contribution in [0.5, 0.6) is 0 Å². The lowest BCUT2D eigenvalue weighted by molar-refractivity contribution is -0.115. The standard InChI is InChI=1S/C16H16ClFN2O/c1-11(12-4-2-6-14(18)8-12)19-10-16(21)20-15-7-3-5-13(17)9-15/h2-9,11,19H,10H2,1H3,(H,20,21)/t11-/m1/s1. The number of nitrogens with one attached hydrogen (secondary N) is 2. The van der Waals surface area contributed by atoms with Crippen molar-refractivity contribution in [3.05, 3.63) is 64.9 Å². The van der Waals surface area contributed by atoms with E-state index < -0.39 is 0 Å². The molecule has 1 atom stereocenters. The van der Waals surface area contributed by atoms with Crippen LogP contribution in [0.3, 0.4) is 0 Å². The van der Waals surface area contributed by atoms with Gasteiger partial charge in [0, 0.05) is 16.8 Å². The van der Waals surface area contributed by atoms with Crippen molar-refractivity contribution in [3.63, 3.8) is 0 Å². The van der Waals surface area contributed by atoms with E-state index in [9.17, 15) is 9.18 Å². The molecule has 2 rings (SSSR count). The van der Waals surface area contributed by atoms with Gasteiger partial charge in [0.15, 0.2) is 0 Å². The fourth-order valence-electron chi connectivity index (χ4n) is 1.91. The molecule has 0 bridgehead atoms. The van der Waals surface area contributed by atoms with E-state index in [1.165, 1.54) is 12.1 Å². The number of halogens is 2. The molecule has 5 heteroatoms. The summed E-state index contributed by atoms with van der Waals surface area (Å²) in [6.45, 7) is 2.01. The van der Waals surface area contributed by atoms with E-state index in [-0.39, 0.29) is 24.3 Å². The molecule has 2 N–H and O–H groups in total. The number of rotatable bonds is 5. The van der Waals surface area contributed by atoms with E-state index in [0.29, 0.717) is 10.7 Å². The van der Waals surface area contributed by atoms with Gasteiger partial charge in [-0.2, -0.15) is 0 Å². The van der Waals surface area contributed by atoms with Gasteiger partial charge in [0.05, 0.1) is 6.54 Å². The van der Waals surface area contributed by atoms with E-state index in [1.807, 2.05) is 13.0 Å². The lowest BCUT2D eigenvalue weighted by atomic mass is 10.1. The van der Waals surface area contributed by atoms with Gasteiger partial charge in [0.25, 0.3) is 0 Å². The zero-order valence-corrected chi connectivity index (χ0v) is 12.3. The Kier molecular flexibility index (Phi) is 5.31. The molecule has 0 aliphatic carbocycles. The van der Waals surface area contributed by atoms with Crippen LogP contribution in [-0.4, -0.2) is 12.5 Å². The van der Waals surface area contributed by atoms with Crippen molar-refractivity contribution in [2.45, 2.75) is 13.0 Å². The van der Waals surface area contributed by atoms with Crippen LogP contribution in [0.2, 0.25) is 5.02 Å². The van der Waals surface area contributed by atoms with Gasteiger partial charge in [-0.25, -0.2) is 4.39 Å². The highest BCUT2D eigenvalue weighted by atomic mass is 35.5. The second-order valence-electron chi connectivity index (χ2n) is 4.72. The van der Waals surface area contributed by atoms with Crippen LogP contribution >= 0.6 is 11.6 Å². The lowest BCUT2D eigenvalue weighted by Gasteiger charge is -2.14.